The van der Waals surface area contributed by atoms with Crippen LogP contribution in [0.3, 0.4) is 0 Å². The van der Waals surface area contributed by atoms with Gasteiger partial charge in [0.05, 0.1) is 12.2 Å². The Morgan fingerprint density at radius 2 is 1.69 bits per heavy atom. The van der Waals surface area contributed by atoms with Crippen LogP contribution in [0.25, 0.3) is 0 Å². The van der Waals surface area contributed by atoms with E-state index < -0.39 is 6.04 Å². The van der Waals surface area contributed by atoms with Gasteiger partial charge in [0.15, 0.2) is 0 Å². The van der Waals surface area contributed by atoms with Gasteiger partial charge >= 0.3 is 0 Å². The summed E-state index contributed by atoms with van der Waals surface area (Å²) in [5.74, 6) is 0.454. The number of aryl methyl sites for hydroxylation is 2. The highest BCUT2D eigenvalue weighted by Crippen LogP contribution is 2.40. The summed E-state index contributed by atoms with van der Waals surface area (Å²) in [5.41, 5.74) is 5.14. The van der Waals surface area contributed by atoms with Gasteiger partial charge in [-0.15, -0.1) is 0 Å². The third kappa shape index (κ3) is 4.29. The number of ether oxygens (including phenoxy) is 1. The van der Waals surface area contributed by atoms with Crippen molar-refractivity contribution in [3.8, 4) is 5.75 Å². The van der Waals surface area contributed by atoms with E-state index >= 15 is 0 Å². The van der Waals surface area contributed by atoms with Crippen molar-refractivity contribution in [3.05, 3.63) is 58.7 Å². The number of hydrogen-bond donors (Lipinski definition) is 1. The topological polar surface area (TPSA) is 58.6 Å². The molecule has 1 aliphatic rings. The molecule has 2 amide bonds. The normalized spacial score (nSPS) is 16.0. The van der Waals surface area contributed by atoms with E-state index in [0.717, 1.165) is 28.1 Å². The first-order valence-electron chi connectivity index (χ1n) is 10.0. The summed E-state index contributed by atoms with van der Waals surface area (Å²) in [7, 11) is 0. The van der Waals surface area contributed by atoms with Crippen molar-refractivity contribution in [2.75, 3.05) is 18.1 Å². The van der Waals surface area contributed by atoms with Crippen molar-refractivity contribution in [2.24, 2.45) is 0 Å². The van der Waals surface area contributed by atoms with Crippen LogP contribution < -0.4 is 15.0 Å². The highest BCUT2D eigenvalue weighted by molar-refractivity contribution is 6.07. The second kappa shape index (κ2) is 7.90. The maximum atomic E-state index is 13.1. The first-order chi connectivity index (χ1) is 13.6. The number of amides is 2. The van der Waals surface area contributed by atoms with E-state index in [-0.39, 0.29) is 17.2 Å². The fourth-order valence-corrected chi connectivity index (χ4v) is 3.80. The average Bonchev–Trinajstić information content (AvgIpc) is 2.91. The molecule has 1 atom stereocenters. The van der Waals surface area contributed by atoms with Gasteiger partial charge in [0.1, 0.15) is 18.4 Å². The third-order valence-corrected chi connectivity index (χ3v) is 5.36. The molecule has 154 valence electrons. The Hall–Kier alpha value is -2.82. The van der Waals surface area contributed by atoms with Crippen LogP contribution in [0.2, 0.25) is 0 Å². The maximum absolute atomic E-state index is 13.1. The van der Waals surface area contributed by atoms with E-state index in [1.54, 1.807) is 4.90 Å². The Morgan fingerprint density at radius 3 is 2.28 bits per heavy atom. The standard InChI is InChI=1S/C24H30N2O3/c1-15-7-8-16(2)22-20(15)21(25-17(3)27)23(28)26(22)13-14-29-19-11-9-18(10-12-19)24(4,5)6/h7-12,21H,13-14H2,1-6H3,(H,25,27)/t21-/m0/s1. The number of anilines is 1. The van der Waals surface area contributed by atoms with E-state index in [9.17, 15) is 9.59 Å². The van der Waals surface area contributed by atoms with Gasteiger partial charge in [-0.05, 0) is 48.1 Å². The highest BCUT2D eigenvalue weighted by atomic mass is 16.5. The van der Waals surface area contributed by atoms with Gasteiger partial charge in [-0.3, -0.25) is 9.59 Å². The number of nitrogens with one attached hydrogen (secondary N) is 1. The van der Waals surface area contributed by atoms with Crippen molar-refractivity contribution in [1.82, 2.24) is 5.32 Å². The molecule has 3 rings (SSSR count). The SMILES string of the molecule is CC(=O)N[C@@H]1C(=O)N(CCOc2ccc(C(C)(C)C)cc2)c2c(C)ccc(C)c21. The van der Waals surface area contributed by atoms with Crippen LogP contribution in [-0.4, -0.2) is 25.0 Å². The van der Waals surface area contributed by atoms with Gasteiger partial charge < -0.3 is 15.0 Å². The number of nitrogens with zero attached hydrogens (tertiary/aromatic N) is 1. The molecule has 0 aliphatic carbocycles. The molecule has 1 N–H and O–H groups in total. The molecule has 0 radical (unpaired) electrons. The van der Waals surface area contributed by atoms with E-state index in [1.165, 1.54) is 12.5 Å². The van der Waals surface area contributed by atoms with E-state index in [4.69, 9.17) is 4.74 Å². The van der Waals surface area contributed by atoms with Gasteiger partial charge in [-0.1, -0.05) is 45.0 Å². The molecular formula is C24H30N2O3. The Balaban J connectivity index is 1.75. The zero-order chi connectivity index (χ0) is 21.3. The molecule has 1 heterocycles. The molecule has 0 saturated carbocycles. The van der Waals surface area contributed by atoms with E-state index in [1.807, 2.05) is 38.1 Å². The largest absolute Gasteiger partial charge is 0.492 e. The molecule has 5 heteroatoms. The molecule has 0 aromatic heterocycles. The summed E-state index contributed by atoms with van der Waals surface area (Å²) >= 11 is 0. The summed E-state index contributed by atoms with van der Waals surface area (Å²) in [6.45, 7) is 12.7. The zero-order valence-corrected chi connectivity index (χ0v) is 18.1. The van der Waals surface area contributed by atoms with Crippen LogP contribution in [0.1, 0.15) is 56.0 Å². The number of benzene rings is 2. The number of fused-ring (bicyclic) bond motifs is 1. The molecular weight excluding hydrogens is 364 g/mol. The minimum absolute atomic E-state index is 0.0956. The molecule has 2 aromatic rings. The molecule has 0 spiro atoms. The summed E-state index contributed by atoms with van der Waals surface area (Å²) < 4.78 is 5.90. The molecule has 29 heavy (non-hydrogen) atoms. The smallest absolute Gasteiger partial charge is 0.254 e. The van der Waals surface area contributed by atoms with Gasteiger partial charge in [0.25, 0.3) is 5.91 Å². The molecule has 1 aliphatic heterocycles. The van der Waals surface area contributed by atoms with Gasteiger partial charge in [-0.25, -0.2) is 0 Å². The quantitative estimate of drug-likeness (QED) is 0.827. The lowest BCUT2D eigenvalue weighted by Gasteiger charge is -2.21. The van der Waals surface area contributed by atoms with E-state index in [2.05, 4.69) is 38.2 Å². The van der Waals surface area contributed by atoms with Gasteiger partial charge in [-0.2, -0.15) is 0 Å². The lowest BCUT2D eigenvalue weighted by molar-refractivity contribution is -0.126. The van der Waals surface area contributed by atoms with Crippen LogP contribution in [0.5, 0.6) is 5.75 Å². The summed E-state index contributed by atoms with van der Waals surface area (Å²) in [6.07, 6.45) is 0. The Bertz CT molecular complexity index is 926. The van der Waals surface area contributed by atoms with Crippen LogP contribution in [0.4, 0.5) is 5.69 Å². The Morgan fingerprint density at radius 1 is 1.07 bits per heavy atom. The molecule has 0 fully saturated rings. The maximum Gasteiger partial charge on any atom is 0.254 e. The lowest BCUT2D eigenvalue weighted by atomic mass is 9.87. The van der Waals surface area contributed by atoms with Crippen LogP contribution in [0.15, 0.2) is 36.4 Å². The number of hydrogen-bond acceptors (Lipinski definition) is 3. The Kier molecular flexibility index (Phi) is 5.69. The molecule has 5 nitrogen and oxygen atoms in total. The first-order valence-corrected chi connectivity index (χ1v) is 10.0. The molecule has 2 aromatic carbocycles. The summed E-state index contributed by atoms with van der Waals surface area (Å²) in [5, 5.41) is 2.80. The van der Waals surface area contributed by atoms with E-state index in [0.29, 0.717) is 13.2 Å². The minimum atomic E-state index is -0.631. The predicted molar refractivity (Wildman–Crippen MR) is 115 cm³/mol. The van der Waals surface area contributed by atoms with Crippen molar-refractivity contribution in [3.63, 3.8) is 0 Å². The van der Waals surface area contributed by atoms with Crippen molar-refractivity contribution < 1.29 is 14.3 Å². The third-order valence-electron chi connectivity index (χ3n) is 5.36. The lowest BCUT2D eigenvalue weighted by Crippen LogP contribution is -2.38. The van der Waals surface area contributed by atoms with Gasteiger partial charge in [0.2, 0.25) is 5.91 Å². The highest BCUT2D eigenvalue weighted by Gasteiger charge is 2.39. The monoisotopic (exact) mass is 394 g/mol. The second-order valence-corrected chi connectivity index (χ2v) is 8.71. The molecule has 0 saturated heterocycles. The van der Waals surface area contributed by atoms with Crippen molar-refractivity contribution in [2.45, 2.75) is 53.0 Å². The fraction of sp³-hybridized carbons (Fsp3) is 0.417. The van der Waals surface area contributed by atoms with Crippen LogP contribution >= 0.6 is 0 Å². The van der Waals surface area contributed by atoms with Crippen LogP contribution in [0, 0.1) is 13.8 Å². The number of rotatable bonds is 5. The first kappa shape index (κ1) is 20.9. The Labute approximate surface area is 173 Å². The average molecular weight is 395 g/mol. The number of carbonyl (C=O) groups is 2. The summed E-state index contributed by atoms with van der Waals surface area (Å²) in [6, 6.07) is 11.5. The minimum Gasteiger partial charge on any atom is -0.492 e. The van der Waals surface area contributed by atoms with Crippen molar-refractivity contribution >= 4 is 17.5 Å². The zero-order valence-electron chi connectivity index (χ0n) is 18.1. The molecule has 0 bridgehead atoms. The second-order valence-electron chi connectivity index (χ2n) is 8.71. The van der Waals surface area contributed by atoms with Crippen molar-refractivity contribution in [1.29, 1.82) is 0 Å². The fourth-order valence-electron chi connectivity index (χ4n) is 3.80. The predicted octanol–water partition coefficient (Wildman–Crippen LogP) is 4.20. The number of carbonyl (C=O) groups excluding carboxylic acids is 2. The molecule has 0 unspecified atom stereocenters. The van der Waals surface area contributed by atoms with Crippen LogP contribution in [-0.2, 0) is 15.0 Å². The van der Waals surface area contributed by atoms with Gasteiger partial charge in [0, 0.05) is 12.5 Å². The summed E-state index contributed by atoms with van der Waals surface area (Å²) in [4.78, 5) is 26.4.